The molecule has 10 rings (SSSR count). The van der Waals surface area contributed by atoms with E-state index in [4.69, 9.17) is 9.84 Å². The van der Waals surface area contributed by atoms with E-state index in [0.717, 1.165) is 45.9 Å². The third-order valence-corrected chi connectivity index (χ3v) is 13.6. The van der Waals surface area contributed by atoms with Crippen LogP contribution in [0.15, 0.2) is 42.5 Å². The normalized spacial score (nSPS) is 19.1. The standard InChI is InChI=1S/C44H39F3N8O7S/c1-21(56)52-14-10-31-30(20-52)39(51-55(31)24-11-15-62-16-12-24)53-13-2-3-22-17-28(27(38(46)47)19-33(22)53)42-50-37-34(63-42)8-6-26(36(37)45)40(58)48-23-4-5-25-29(18-23)44(61)54(43(25)60)32-7-9-35(57)49-41(32)59/h4-6,8,17-19,24,32,38H,2-3,7,9-16,20H2,1H3,(H,48,58)(H,49,57,59). The van der Waals surface area contributed by atoms with Gasteiger partial charge in [0.15, 0.2) is 11.6 Å². The quantitative estimate of drug-likeness (QED) is 0.178. The van der Waals surface area contributed by atoms with Gasteiger partial charge >= 0.3 is 0 Å². The number of hydrogen-bond acceptors (Lipinski definition) is 11. The van der Waals surface area contributed by atoms with E-state index in [1.54, 1.807) is 11.0 Å². The topological polar surface area (TPSA) is 176 Å². The molecule has 1 atom stereocenters. The average molecular weight is 881 g/mol. The molecule has 5 aliphatic rings. The molecule has 19 heteroatoms. The SMILES string of the molecule is CC(=O)N1CCc2c(c(N3CCCc4cc(-c5nc6c(F)c(C(=O)Nc7ccc8c(c7)C(=O)N(C7CCC(=O)NC7=O)C8=O)ccc6s5)c(C(F)F)cc43)nn2C2CCOCC2)C1. The van der Waals surface area contributed by atoms with Gasteiger partial charge in [-0.25, -0.2) is 18.2 Å². The van der Waals surface area contributed by atoms with E-state index in [0.29, 0.717) is 68.3 Å². The second-order valence-corrected chi connectivity index (χ2v) is 17.3. The lowest BCUT2D eigenvalue weighted by Crippen LogP contribution is -2.54. The van der Waals surface area contributed by atoms with Gasteiger partial charge in [0, 0.05) is 79.8 Å². The van der Waals surface area contributed by atoms with Crippen LogP contribution >= 0.6 is 11.3 Å². The van der Waals surface area contributed by atoms with Crippen molar-refractivity contribution >= 4 is 74.2 Å². The summed E-state index contributed by atoms with van der Waals surface area (Å²) in [6, 6.07) is 8.80. The maximum Gasteiger partial charge on any atom is 0.264 e. The predicted octanol–water partition coefficient (Wildman–Crippen LogP) is 6.23. The molecule has 15 nitrogen and oxygen atoms in total. The van der Waals surface area contributed by atoms with Gasteiger partial charge in [0.05, 0.1) is 34.0 Å². The van der Waals surface area contributed by atoms with Crippen LogP contribution in [0, 0.1) is 5.82 Å². The number of fused-ring (bicyclic) bond motifs is 4. The Hall–Kier alpha value is -6.47. The molecular formula is C44H39F3N8O7S. The molecule has 0 spiro atoms. The fourth-order valence-corrected chi connectivity index (χ4v) is 10.4. The number of carbonyl (C=O) groups excluding carboxylic acids is 6. The summed E-state index contributed by atoms with van der Waals surface area (Å²) < 4.78 is 54.6. The largest absolute Gasteiger partial charge is 0.381 e. The minimum absolute atomic E-state index is 0.00428. The van der Waals surface area contributed by atoms with Crippen molar-refractivity contribution in [3.63, 3.8) is 0 Å². The van der Waals surface area contributed by atoms with E-state index in [1.807, 2.05) is 4.90 Å². The van der Waals surface area contributed by atoms with E-state index >= 15 is 13.2 Å². The minimum Gasteiger partial charge on any atom is -0.381 e. The Balaban J connectivity index is 0.941. The second kappa shape index (κ2) is 15.7. The minimum atomic E-state index is -2.92. The number of nitrogens with one attached hydrogen (secondary N) is 2. The first kappa shape index (κ1) is 40.6. The summed E-state index contributed by atoms with van der Waals surface area (Å²) in [6.07, 6.45) is 0.524. The molecule has 7 heterocycles. The van der Waals surface area contributed by atoms with E-state index < -0.39 is 53.4 Å². The van der Waals surface area contributed by atoms with Crippen LogP contribution in [0.25, 0.3) is 20.8 Å². The molecule has 0 bridgehead atoms. The van der Waals surface area contributed by atoms with Crippen molar-refractivity contribution in [2.45, 2.75) is 76.9 Å². The zero-order valence-corrected chi connectivity index (χ0v) is 34.7. The Morgan fingerprint density at radius 2 is 1.73 bits per heavy atom. The molecule has 3 aromatic carbocycles. The second-order valence-electron chi connectivity index (χ2n) is 16.3. The highest BCUT2D eigenvalue weighted by Crippen LogP contribution is 2.45. The number of ether oxygens (including phenoxy) is 1. The number of halogens is 3. The molecular weight excluding hydrogens is 842 g/mol. The van der Waals surface area contributed by atoms with Crippen LogP contribution in [0.3, 0.4) is 0 Å². The summed E-state index contributed by atoms with van der Waals surface area (Å²) in [5.74, 6) is -4.03. The lowest BCUT2D eigenvalue weighted by Gasteiger charge is -2.33. The number of anilines is 3. The number of carbonyl (C=O) groups is 6. The number of rotatable bonds is 7. The molecule has 0 saturated carbocycles. The predicted molar refractivity (Wildman–Crippen MR) is 222 cm³/mol. The summed E-state index contributed by atoms with van der Waals surface area (Å²) in [5.41, 5.74) is 2.63. The number of hydrogen-bond donors (Lipinski definition) is 2. The number of aromatic nitrogens is 3. The number of piperidine rings is 1. The first-order chi connectivity index (χ1) is 30.4. The number of alkyl halides is 2. The number of amides is 6. The molecule has 0 radical (unpaired) electrons. The number of imide groups is 2. The molecule has 324 valence electrons. The molecule has 2 N–H and O–H groups in total. The maximum atomic E-state index is 16.2. The van der Waals surface area contributed by atoms with E-state index in [9.17, 15) is 28.8 Å². The summed E-state index contributed by atoms with van der Waals surface area (Å²) in [5, 5.41) is 9.99. The Labute approximate surface area is 361 Å². The molecule has 6 amide bonds. The first-order valence-electron chi connectivity index (χ1n) is 20.8. The molecule has 2 aromatic heterocycles. The van der Waals surface area contributed by atoms with Crippen LogP contribution < -0.4 is 15.5 Å². The Bertz CT molecular complexity index is 2820. The van der Waals surface area contributed by atoms with Crippen molar-refractivity contribution in [1.82, 2.24) is 29.9 Å². The smallest absolute Gasteiger partial charge is 0.264 e. The van der Waals surface area contributed by atoms with Gasteiger partial charge in [-0.05, 0) is 80.1 Å². The average Bonchev–Trinajstić information content (AvgIpc) is 3.95. The van der Waals surface area contributed by atoms with E-state index in [-0.39, 0.29) is 63.3 Å². The van der Waals surface area contributed by atoms with Crippen molar-refractivity contribution in [3.05, 3.63) is 87.4 Å². The molecule has 5 aliphatic heterocycles. The highest BCUT2D eigenvalue weighted by Gasteiger charge is 2.45. The van der Waals surface area contributed by atoms with Crippen LogP contribution in [0.5, 0.6) is 0 Å². The van der Waals surface area contributed by atoms with Crippen molar-refractivity contribution in [2.24, 2.45) is 0 Å². The monoisotopic (exact) mass is 880 g/mol. The molecule has 0 aliphatic carbocycles. The van der Waals surface area contributed by atoms with Crippen LogP contribution in [0.2, 0.25) is 0 Å². The third-order valence-electron chi connectivity index (χ3n) is 12.6. The fraction of sp³-hybridized carbons (Fsp3) is 0.364. The van der Waals surface area contributed by atoms with Crippen LogP contribution in [-0.4, -0.2) is 92.4 Å². The number of nitrogens with zero attached hydrogens (tertiary/aromatic N) is 6. The van der Waals surface area contributed by atoms with E-state index in [2.05, 4.69) is 20.3 Å². The van der Waals surface area contributed by atoms with Gasteiger partial charge in [0.25, 0.3) is 24.1 Å². The molecule has 5 aromatic rings. The lowest BCUT2D eigenvalue weighted by molar-refractivity contribution is -0.136. The Morgan fingerprint density at radius 1 is 0.937 bits per heavy atom. The lowest BCUT2D eigenvalue weighted by atomic mass is 9.95. The number of aryl methyl sites for hydroxylation is 1. The Morgan fingerprint density at radius 3 is 2.49 bits per heavy atom. The Kier molecular flexibility index (Phi) is 10.1. The van der Waals surface area contributed by atoms with Gasteiger partial charge in [0.1, 0.15) is 16.6 Å². The van der Waals surface area contributed by atoms with Crippen molar-refractivity contribution in [3.8, 4) is 10.6 Å². The van der Waals surface area contributed by atoms with Gasteiger partial charge < -0.3 is 19.9 Å². The molecule has 2 fully saturated rings. The van der Waals surface area contributed by atoms with Gasteiger partial charge in [-0.15, -0.1) is 11.3 Å². The molecule has 2 saturated heterocycles. The summed E-state index contributed by atoms with van der Waals surface area (Å²) in [6.45, 7) is 4.23. The van der Waals surface area contributed by atoms with Crippen LogP contribution in [0.1, 0.15) is 105 Å². The van der Waals surface area contributed by atoms with Crippen LogP contribution in [-0.2, 0) is 38.5 Å². The summed E-state index contributed by atoms with van der Waals surface area (Å²) in [4.78, 5) is 85.6. The van der Waals surface area contributed by atoms with Gasteiger partial charge in [-0.3, -0.25) is 43.7 Å². The number of benzene rings is 3. The highest BCUT2D eigenvalue weighted by atomic mass is 32.1. The first-order valence-corrected chi connectivity index (χ1v) is 21.6. The van der Waals surface area contributed by atoms with Gasteiger partial charge in [-0.2, -0.15) is 5.10 Å². The van der Waals surface area contributed by atoms with Gasteiger partial charge in [-0.1, -0.05) is 0 Å². The van der Waals surface area contributed by atoms with Crippen LogP contribution in [0.4, 0.5) is 30.4 Å². The fourth-order valence-electron chi connectivity index (χ4n) is 9.38. The van der Waals surface area contributed by atoms with Crippen molar-refractivity contribution in [2.75, 3.05) is 36.5 Å². The van der Waals surface area contributed by atoms with Crippen molar-refractivity contribution in [1.29, 1.82) is 0 Å². The summed E-state index contributed by atoms with van der Waals surface area (Å²) >= 11 is 1.02. The number of thiazole rings is 1. The molecule has 63 heavy (non-hydrogen) atoms. The van der Waals surface area contributed by atoms with Crippen molar-refractivity contribution < 1.29 is 46.7 Å². The third kappa shape index (κ3) is 6.93. The van der Waals surface area contributed by atoms with E-state index in [1.165, 1.54) is 43.3 Å². The summed E-state index contributed by atoms with van der Waals surface area (Å²) in [7, 11) is 0. The maximum absolute atomic E-state index is 16.2. The zero-order valence-electron chi connectivity index (χ0n) is 33.8. The molecule has 1 unspecified atom stereocenters. The highest BCUT2D eigenvalue weighted by molar-refractivity contribution is 7.21. The van der Waals surface area contributed by atoms with Gasteiger partial charge in [0.2, 0.25) is 17.7 Å². The zero-order chi connectivity index (χ0) is 43.8.